The quantitative estimate of drug-likeness (QED) is 0.823. The van der Waals surface area contributed by atoms with Crippen LogP contribution in [0, 0.1) is 6.92 Å². The normalized spacial score (nSPS) is 22.6. The number of hydrogen-bond donors (Lipinski definition) is 0. The number of morpholine rings is 1. The van der Waals surface area contributed by atoms with E-state index in [2.05, 4.69) is 46.2 Å². The molecule has 2 aliphatic rings. The number of nitrogens with zero attached hydrogens (tertiary/aromatic N) is 4. The zero-order chi connectivity index (χ0) is 18.8. The number of ether oxygens (including phenoxy) is 1. The number of anilines is 1. The lowest BCUT2D eigenvalue weighted by Crippen LogP contribution is -2.45. The Bertz CT molecular complexity index is 806. The highest BCUT2D eigenvalue weighted by Crippen LogP contribution is 2.30. The van der Waals surface area contributed by atoms with Crippen molar-refractivity contribution in [2.75, 3.05) is 31.1 Å². The fourth-order valence-electron chi connectivity index (χ4n) is 3.95. The van der Waals surface area contributed by atoms with Crippen LogP contribution in [0.3, 0.4) is 0 Å². The topological polar surface area (TPSA) is 71.7 Å². The number of benzene rings is 1. The van der Waals surface area contributed by atoms with Gasteiger partial charge in [-0.3, -0.25) is 4.79 Å². The third-order valence-electron chi connectivity index (χ3n) is 5.48. The standard InChI is InChI=1S/C20H26N4O3/c1-14-7-8-16-5-3-4-6-17(16)24(14)10-9-19(25)23-11-12-26-18(13-23)20-21-15(2)27-22-20/h3-6,14,18H,7-13H2,1-2H3. The second-order valence-corrected chi connectivity index (χ2v) is 7.33. The van der Waals surface area contributed by atoms with E-state index >= 15 is 0 Å². The van der Waals surface area contributed by atoms with Crippen molar-refractivity contribution < 1.29 is 14.1 Å². The zero-order valence-electron chi connectivity index (χ0n) is 15.9. The van der Waals surface area contributed by atoms with Gasteiger partial charge >= 0.3 is 0 Å². The Balaban J connectivity index is 1.38. The summed E-state index contributed by atoms with van der Waals surface area (Å²) in [5.74, 6) is 1.18. The summed E-state index contributed by atoms with van der Waals surface area (Å²) >= 11 is 0. The maximum Gasteiger partial charge on any atom is 0.224 e. The van der Waals surface area contributed by atoms with Gasteiger partial charge in [0.2, 0.25) is 17.6 Å². The minimum Gasteiger partial charge on any atom is -0.368 e. The first-order valence-corrected chi connectivity index (χ1v) is 9.66. The summed E-state index contributed by atoms with van der Waals surface area (Å²) in [5, 5.41) is 3.93. The van der Waals surface area contributed by atoms with E-state index in [4.69, 9.17) is 9.26 Å². The summed E-state index contributed by atoms with van der Waals surface area (Å²) < 4.78 is 10.8. The summed E-state index contributed by atoms with van der Waals surface area (Å²) in [6, 6.07) is 8.97. The Hall–Kier alpha value is -2.41. The fraction of sp³-hybridized carbons (Fsp3) is 0.550. The lowest BCUT2D eigenvalue weighted by atomic mass is 9.96. The average molecular weight is 370 g/mol. The molecule has 0 N–H and O–H groups in total. The van der Waals surface area contributed by atoms with Gasteiger partial charge in [-0.2, -0.15) is 4.98 Å². The Morgan fingerprint density at radius 1 is 1.33 bits per heavy atom. The van der Waals surface area contributed by atoms with E-state index in [-0.39, 0.29) is 12.0 Å². The van der Waals surface area contributed by atoms with Crippen LogP contribution in [-0.2, 0) is 16.0 Å². The molecule has 1 aromatic heterocycles. The van der Waals surface area contributed by atoms with Gasteiger partial charge in [-0.05, 0) is 31.4 Å². The third-order valence-corrected chi connectivity index (χ3v) is 5.48. The van der Waals surface area contributed by atoms with Crippen molar-refractivity contribution in [3.63, 3.8) is 0 Å². The molecule has 27 heavy (non-hydrogen) atoms. The molecular weight excluding hydrogens is 344 g/mol. The van der Waals surface area contributed by atoms with E-state index in [9.17, 15) is 4.79 Å². The van der Waals surface area contributed by atoms with Crippen LogP contribution in [0.1, 0.15) is 43.1 Å². The summed E-state index contributed by atoms with van der Waals surface area (Å²) in [5.41, 5.74) is 2.65. The van der Waals surface area contributed by atoms with Crippen LogP contribution in [-0.4, -0.2) is 53.2 Å². The van der Waals surface area contributed by atoms with Crippen LogP contribution in [0.5, 0.6) is 0 Å². The van der Waals surface area contributed by atoms with Gasteiger partial charge in [0.25, 0.3) is 0 Å². The van der Waals surface area contributed by atoms with Gasteiger partial charge in [-0.1, -0.05) is 23.4 Å². The van der Waals surface area contributed by atoms with Crippen molar-refractivity contribution >= 4 is 11.6 Å². The molecule has 2 atom stereocenters. The number of amides is 1. The molecule has 2 unspecified atom stereocenters. The van der Waals surface area contributed by atoms with Crippen LogP contribution in [0.4, 0.5) is 5.69 Å². The molecule has 1 fully saturated rings. The molecule has 0 radical (unpaired) electrons. The largest absolute Gasteiger partial charge is 0.368 e. The second kappa shape index (κ2) is 7.68. The summed E-state index contributed by atoms with van der Waals surface area (Å²) in [4.78, 5) is 21.3. The van der Waals surface area contributed by atoms with Crippen molar-refractivity contribution in [2.45, 2.75) is 45.3 Å². The van der Waals surface area contributed by atoms with E-state index in [0.29, 0.717) is 43.9 Å². The first kappa shape index (κ1) is 18.0. The molecule has 0 spiro atoms. The van der Waals surface area contributed by atoms with Crippen LogP contribution in [0.25, 0.3) is 0 Å². The van der Waals surface area contributed by atoms with Gasteiger partial charge in [-0.25, -0.2) is 0 Å². The lowest BCUT2D eigenvalue weighted by molar-refractivity contribution is -0.139. The number of para-hydroxylation sites is 1. The Morgan fingerprint density at radius 3 is 3.00 bits per heavy atom. The maximum atomic E-state index is 12.8. The van der Waals surface area contributed by atoms with Crippen LogP contribution in [0.2, 0.25) is 0 Å². The monoisotopic (exact) mass is 370 g/mol. The van der Waals surface area contributed by atoms with E-state index in [0.717, 1.165) is 19.4 Å². The fourth-order valence-corrected chi connectivity index (χ4v) is 3.95. The Morgan fingerprint density at radius 2 is 2.19 bits per heavy atom. The first-order valence-electron chi connectivity index (χ1n) is 9.66. The highest BCUT2D eigenvalue weighted by atomic mass is 16.5. The molecule has 1 saturated heterocycles. The number of rotatable bonds is 4. The lowest BCUT2D eigenvalue weighted by Gasteiger charge is -2.38. The average Bonchev–Trinajstić information content (AvgIpc) is 3.13. The minimum atomic E-state index is -0.310. The van der Waals surface area contributed by atoms with Gasteiger partial charge in [-0.15, -0.1) is 0 Å². The molecule has 144 valence electrons. The maximum absolute atomic E-state index is 12.8. The summed E-state index contributed by atoms with van der Waals surface area (Å²) in [6.07, 6.45) is 2.42. The number of carbonyl (C=O) groups excluding carboxylic acids is 1. The van der Waals surface area contributed by atoms with Crippen LogP contribution >= 0.6 is 0 Å². The third kappa shape index (κ3) is 3.83. The Kier molecular flexibility index (Phi) is 5.11. The molecule has 7 nitrogen and oxygen atoms in total. The van der Waals surface area contributed by atoms with Gasteiger partial charge in [0, 0.05) is 38.2 Å². The van der Waals surface area contributed by atoms with E-state index in [1.54, 1.807) is 6.92 Å². The van der Waals surface area contributed by atoms with Crippen molar-refractivity contribution in [3.8, 4) is 0 Å². The van der Waals surface area contributed by atoms with Crippen molar-refractivity contribution in [3.05, 3.63) is 41.5 Å². The number of aryl methyl sites for hydroxylation is 2. The second-order valence-electron chi connectivity index (χ2n) is 7.33. The van der Waals surface area contributed by atoms with Crippen LogP contribution < -0.4 is 4.90 Å². The van der Waals surface area contributed by atoms with E-state index in [1.165, 1.54) is 11.3 Å². The molecule has 2 aliphatic heterocycles. The molecule has 2 aromatic rings. The Labute approximate surface area is 159 Å². The molecular formula is C20H26N4O3. The highest BCUT2D eigenvalue weighted by molar-refractivity contribution is 5.77. The molecule has 0 saturated carbocycles. The SMILES string of the molecule is Cc1nc(C2CN(C(=O)CCN3c4ccccc4CCC3C)CCO2)no1. The molecule has 1 amide bonds. The predicted octanol–water partition coefficient (Wildman–Crippen LogP) is 2.51. The van der Waals surface area contributed by atoms with E-state index in [1.807, 2.05) is 4.90 Å². The molecule has 0 aliphatic carbocycles. The zero-order valence-corrected chi connectivity index (χ0v) is 15.9. The van der Waals surface area contributed by atoms with Gasteiger partial charge in [0.05, 0.1) is 13.2 Å². The first-order chi connectivity index (χ1) is 13.1. The number of carbonyl (C=O) groups is 1. The highest BCUT2D eigenvalue weighted by Gasteiger charge is 2.29. The molecule has 1 aromatic carbocycles. The summed E-state index contributed by atoms with van der Waals surface area (Å²) in [6.45, 7) is 6.30. The molecule has 7 heteroatoms. The smallest absolute Gasteiger partial charge is 0.224 e. The summed E-state index contributed by atoms with van der Waals surface area (Å²) in [7, 11) is 0. The van der Waals surface area contributed by atoms with Gasteiger partial charge in [0.1, 0.15) is 6.10 Å². The number of hydrogen-bond acceptors (Lipinski definition) is 6. The van der Waals surface area contributed by atoms with Crippen molar-refractivity contribution in [1.29, 1.82) is 0 Å². The number of aromatic nitrogens is 2. The molecule has 3 heterocycles. The molecule has 0 bridgehead atoms. The predicted molar refractivity (Wildman–Crippen MR) is 100 cm³/mol. The van der Waals surface area contributed by atoms with Gasteiger partial charge < -0.3 is 19.1 Å². The van der Waals surface area contributed by atoms with E-state index < -0.39 is 0 Å². The van der Waals surface area contributed by atoms with Gasteiger partial charge in [0.15, 0.2) is 0 Å². The minimum absolute atomic E-state index is 0.152. The van der Waals surface area contributed by atoms with Crippen LogP contribution in [0.15, 0.2) is 28.8 Å². The van der Waals surface area contributed by atoms with Crippen molar-refractivity contribution in [1.82, 2.24) is 15.0 Å². The number of fused-ring (bicyclic) bond motifs is 1. The molecule has 4 rings (SSSR count). The van der Waals surface area contributed by atoms with Crippen molar-refractivity contribution in [2.24, 2.45) is 0 Å².